The minimum Gasteiger partial charge on any atom is -0.465 e. The van der Waals surface area contributed by atoms with Crippen molar-refractivity contribution in [2.45, 2.75) is 40.2 Å². The van der Waals surface area contributed by atoms with Crippen LogP contribution in [0.15, 0.2) is 6.33 Å². The van der Waals surface area contributed by atoms with Gasteiger partial charge in [0, 0.05) is 6.54 Å². The molecule has 16 heavy (non-hydrogen) atoms. The zero-order valence-electron chi connectivity index (χ0n) is 10.3. The van der Waals surface area contributed by atoms with Crippen LogP contribution in [0.3, 0.4) is 0 Å². The first-order chi connectivity index (χ1) is 7.61. The molecular weight excluding hydrogens is 206 g/mol. The maximum absolute atomic E-state index is 11.8. The summed E-state index contributed by atoms with van der Waals surface area (Å²) in [6, 6.07) is 0. The van der Waals surface area contributed by atoms with Crippen molar-refractivity contribution in [3.63, 3.8) is 0 Å². The van der Waals surface area contributed by atoms with E-state index in [4.69, 9.17) is 4.74 Å². The molecule has 1 rings (SSSR count). The fourth-order valence-electron chi connectivity index (χ4n) is 1.66. The van der Waals surface area contributed by atoms with E-state index in [2.05, 4.69) is 10.2 Å². The highest BCUT2D eigenvalue weighted by Crippen LogP contribution is 2.24. The third kappa shape index (κ3) is 2.59. The lowest BCUT2D eigenvalue weighted by atomic mass is 9.95. The number of aromatic nitrogens is 3. The van der Waals surface area contributed by atoms with Gasteiger partial charge in [-0.1, -0.05) is 13.8 Å². The number of aryl methyl sites for hydroxylation is 1. The van der Waals surface area contributed by atoms with Gasteiger partial charge in [-0.15, -0.1) is 10.2 Å². The minimum atomic E-state index is -0.331. The molecule has 0 saturated heterocycles. The van der Waals surface area contributed by atoms with Crippen molar-refractivity contribution in [2.24, 2.45) is 5.92 Å². The van der Waals surface area contributed by atoms with Crippen LogP contribution in [0, 0.1) is 5.92 Å². The van der Waals surface area contributed by atoms with Crippen LogP contribution in [0.4, 0.5) is 0 Å². The average Bonchev–Trinajstić information content (AvgIpc) is 2.66. The Labute approximate surface area is 95.8 Å². The molecule has 0 aromatic carbocycles. The van der Waals surface area contributed by atoms with Gasteiger partial charge in [0.1, 0.15) is 18.1 Å². The molecule has 0 aliphatic rings. The molecule has 1 atom stereocenters. The quantitative estimate of drug-likeness (QED) is 0.714. The smallest absolute Gasteiger partial charge is 0.316 e. The lowest BCUT2D eigenvalue weighted by Crippen LogP contribution is -2.24. The van der Waals surface area contributed by atoms with Crippen molar-refractivity contribution in [3.05, 3.63) is 12.2 Å². The molecule has 0 radical (unpaired) electrons. The van der Waals surface area contributed by atoms with E-state index < -0.39 is 0 Å². The van der Waals surface area contributed by atoms with Crippen molar-refractivity contribution in [2.75, 3.05) is 6.61 Å². The summed E-state index contributed by atoms with van der Waals surface area (Å²) in [7, 11) is 0. The first kappa shape index (κ1) is 12.7. The van der Waals surface area contributed by atoms with Gasteiger partial charge in [-0.3, -0.25) is 4.79 Å². The van der Waals surface area contributed by atoms with Crippen molar-refractivity contribution in [3.8, 4) is 0 Å². The first-order valence-electron chi connectivity index (χ1n) is 5.66. The topological polar surface area (TPSA) is 57.0 Å². The summed E-state index contributed by atoms with van der Waals surface area (Å²) < 4.78 is 6.95. The van der Waals surface area contributed by atoms with E-state index in [0.29, 0.717) is 12.4 Å². The molecule has 0 aliphatic carbocycles. The summed E-state index contributed by atoms with van der Waals surface area (Å²) >= 11 is 0. The van der Waals surface area contributed by atoms with E-state index >= 15 is 0 Å². The highest BCUT2D eigenvalue weighted by Gasteiger charge is 2.29. The molecule has 90 valence electrons. The Morgan fingerprint density at radius 3 is 2.69 bits per heavy atom. The summed E-state index contributed by atoms with van der Waals surface area (Å²) in [5, 5.41) is 7.87. The minimum absolute atomic E-state index is 0.147. The number of esters is 1. The summed E-state index contributed by atoms with van der Waals surface area (Å²) in [5.74, 6) is 0.284. The highest BCUT2D eigenvalue weighted by molar-refractivity contribution is 5.77. The Morgan fingerprint density at radius 2 is 2.19 bits per heavy atom. The molecule has 0 fully saturated rings. The maximum Gasteiger partial charge on any atom is 0.316 e. The second-order valence-corrected chi connectivity index (χ2v) is 3.95. The molecule has 5 nitrogen and oxygen atoms in total. The molecule has 0 saturated carbocycles. The molecule has 1 heterocycles. The largest absolute Gasteiger partial charge is 0.465 e. The third-order valence-corrected chi connectivity index (χ3v) is 2.47. The molecule has 0 N–H and O–H groups in total. The second kappa shape index (κ2) is 5.63. The Morgan fingerprint density at radius 1 is 1.50 bits per heavy atom. The van der Waals surface area contributed by atoms with Crippen LogP contribution < -0.4 is 0 Å². The SMILES string of the molecule is CCOC(=O)C(c1nncn1CC)C(C)C. The Bertz CT molecular complexity index is 347. The van der Waals surface area contributed by atoms with Crippen LogP contribution >= 0.6 is 0 Å². The predicted molar refractivity (Wildman–Crippen MR) is 59.9 cm³/mol. The Hall–Kier alpha value is -1.39. The number of hydrogen-bond donors (Lipinski definition) is 0. The fraction of sp³-hybridized carbons (Fsp3) is 0.727. The fourth-order valence-corrected chi connectivity index (χ4v) is 1.66. The number of hydrogen-bond acceptors (Lipinski definition) is 4. The van der Waals surface area contributed by atoms with Crippen molar-refractivity contribution in [1.29, 1.82) is 0 Å². The second-order valence-electron chi connectivity index (χ2n) is 3.95. The number of rotatable bonds is 5. The van der Waals surface area contributed by atoms with Crippen LogP contribution in [0.2, 0.25) is 0 Å². The van der Waals surface area contributed by atoms with Gasteiger partial charge < -0.3 is 9.30 Å². The summed E-state index contributed by atoms with van der Waals surface area (Å²) in [6.45, 7) is 8.91. The Kier molecular flexibility index (Phi) is 4.46. The molecular formula is C11H19N3O2. The monoisotopic (exact) mass is 225 g/mol. The lowest BCUT2D eigenvalue weighted by molar-refractivity contribution is -0.146. The van der Waals surface area contributed by atoms with E-state index in [0.717, 1.165) is 6.54 Å². The molecule has 5 heteroatoms. The number of nitrogens with zero attached hydrogens (tertiary/aromatic N) is 3. The van der Waals surface area contributed by atoms with Crippen LogP contribution in [-0.4, -0.2) is 27.3 Å². The van der Waals surface area contributed by atoms with Gasteiger partial charge in [0.15, 0.2) is 0 Å². The van der Waals surface area contributed by atoms with Gasteiger partial charge in [0.2, 0.25) is 0 Å². The number of carbonyl (C=O) groups is 1. The molecule has 0 amide bonds. The normalized spacial score (nSPS) is 12.8. The highest BCUT2D eigenvalue weighted by atomic mass is 16.5. The number of ether oxygens (including phenoxy) is 1. The summed E-state index contributed by atoms with van der Waals surface area (Å²) in [4.78, 5) is 11.8. The van der Waals surface area contributed by atoms with Crippen molar-refractivity contribution in [1.82, 2.24) is 14.8 Å². The molecule has 0 aliphatic heterocycles. The first-order valence-corrected chi connectivity index (χ1v) is 5.66. The van der Waals surface area contributed by atoms with E-state index in [9.17, 15) is 4.79 Å². The summed E-state index contributed by atoms with van der Waals surface area (Å²) in [6.07, 6.45) is 1.64. The van der Waals surface area contributed by atoms with E-state index in [1.54, 1.807) is 13.3 Å². The van der Waals surface area contributed by atoms with Crippen molar-refractivity contribution < 1.29 is 9.53 Å². The van der Waals surface area contributed by atoms with Crippen LogP contribution in [0.25, 0.3) is 0 Å². The van der Waals surface area contributed by atoms with E-state index in [-0.39, 0.29) is 17.8 Å². The summed E-state index contributed by atoms with van der Waals surface area (Å²) in [5.41, 5.74) is 0. The molecule has 1 aromatic rings. The standard InChI is InChI=1S/C11H19N3O2/c1-5-14-7-12-13-10(14)9(8(3)4)11(15)16-6-2/h7-9H,5-6H2,1-4H3. The Balaban J connectivity index is 2.98. The zero-order valence-corrected chi connectivity index (χ0v) is 10.3. The van der Waals surface area contributed by atoms with E-state index in [1.807, 2.05) is 25.3 Å². The predicted octanol–water partition coefficient (Wildman–Crippen LogP) is 1.60. The van der Waals surface area contributed by atoms with Crippen LogP contribution in [0.5, 0.6) is 0 Å². The molecule has 0 spiro atoms. The molecule has 0 bridgehead atoms. The van der Waals surface area contributed by atoms with Crippen LogP contribution in [-0.2, 0) is 16.1 Å². The van der Waals surface area contributed by atoms with Gasteiger partial charge in [-0.2, -0.15) is 0 Å². The van der Waals surface area contributed by atoms with Gasteiger partial charge in [0.05, 0.1) is 6.61 Å². The molecule has 1 unspecified atom stereocenters. The third-order valence-electron chi connectivity index (χ3n) is 2.47. The van der Waals surface area contributed by atoms with Gasteiger partial charge >= 0.3 is 5.97 Å². The maximum atomic E-state index is 11.8. The van der Waals surface area contributed by atoms with Crippen LogP contribution in [0.1, 0.15) is 39.4 Å². The van der Waals surface area contributed by atoms with Gasteiger partial charge in [-0.25, -0.2) is 0 Å². The average molecular weight is 225 g/mol. The van der Waals surface area contributed by atoms with Gasteiger partial charge in [0.25, 0.3) is 0 Å². The van der Waals surface area contributed by atoms with E-state index in [1.165, 1.54) is 0 Å². The van der Waals surface area contributed by atoms with Crippen molar-refractivity contribution >= 4 is 5.97 Å². The van der Waals surface area contributed by atoms with Gasteiger partial charge in [-0.05, 0) is 19.8 Å². The number of carbonyl (C=O) groups excluding carboxylic acids is 1. The zero-order chi connectivity index (χ0) is 12.1. The molecule has 1 aromatic heterocycles. The lowest BCUT2D eigenvalue weighted by Gasteiger charge is -2.18.